The van der Waals surface area contributed by atoms with Crippen LogP contribution in [0.2, 0.25) is 0 Å². The summed E-state index contributed by atoms with van der Waals surface area (Å²) in [5.74, 6) is -3.59. The molecule has 2 aromatic heterocycles. The number of halogens is 3. The van der Waals surface area contributed by atoms with Crippen molar-refractivity contribution in [3.05, 3.63) is 58.3 Å². The first kappa shape index (κ1) is 20.5. The van der Waals surface area contributed by atoms with Gasteiger partial charge in [-0.25, -0.2) is 13.2 Å². The number of amides is 1. The largest absolute Gasteiger partial charge is 0.327 e. The van der Waals surface area contributed by atoms with Crippen LogP contribution in [0, 0.1) is 17.5 Å². The van der Waals surface area contributed by atoms with Crippen molar-refractivity contribution in [2.75, 3.05) is 0 Å². The summed E-state index contributed by atoms with van der Waals surface area (Å²) in [6, 6.07) is 1.79. The number of aromatic nitrogens is 4. The average molecular weight is 455 g/mol. The SMILES string of the molecule is Cn1cc(C(=O)N2C3CCCC2c2nn(C)c(-c4cc(F)c(F)c(F)c4)c2C3)c(C2CC2)n1. The molecule has 6 rings (SSSR count). The second-order valence-electron chi connectivity index (χ2n) is 9.48. The van der Waals surface area contributed by atoms with E-state index in [4.69, 9.17) is 5.10 Å². The first-order valence-corrected chi connectivity index (χ1v) is 11.4. The van der Waals surface area contributed by atoms with E-state index in [0.717, 1.165) is 61.2 Å². The molecule has 33 heavy (non-hydrogen) atoms. The monoisotopic (exact) mass is 455 g/mol. The molecule has 3 aromatic rings. The van der Waals surface area contributed by atoms with E-state index in [1.165, 1.54) is 0 Å². The lowest BCUT2D eigenvalue weighted by molar-refractivity contribution is 0.0390. The summed E-state index contributed by atoms with van der Waals surface area (Å²) in [4.78, 5) is 15.7. The maximum absolute atomic E-state index is 14.0. The third-order valence-electron chi connectivity index (χ3n) is 7.22. The molecule has 6 nitrogen and oxygen atoms in total. The van der Waals surface area contributed by atoms with Gasteiger partial charge < -0.3 is 4.90 Å². The van der Waals surface area contributed by atoms with Gasteiger partial charge in [0.05, 0.1) is 28.7 Å². The van der Waals surface area contributed by atoms with Crippen LogP contribution in [0.5, 0.6) is 0 Å². The molecule has 172 valence electrons. The molecule has 1 aromatic carbocycles. The standard InChI is InChI=1S/C24H24F3N5O/c1-30-11-16(21(28-30)12-6-7-12)24(33)32-14-4-3-5-19(32)22-15(10-14)23(31(2)29-22)13-8-17(25)20(27)18(26)9-13/h8-9,11-12,14,19H,3-7,10H2,1-2H3. The van der Waals surface area contributed by atoms with Gasteiger partial charge in [-0.1, -0.05) is 0 Å². The maximum Gasteiger partial charge on any atom is 0.258 e. The summed E-state index contributed by atoms with van der Waals surface area (Å²) in [5.41, 5.74) is 4.02. The van der Waals surface area contributed by atoms with Crippen molar-refractivity contribution in [1.82, 2.24) is 24.5 Å². The molecule has 2 atom stereocenters. The molecule has 1 aliphatic carbocycles. The molecule has 3 aliphatic rings. The van der Waals surface area contributed by atoms with E-state index in [0.29, 0.717) is 23.6 Å². The summed E-state index contributed by atoms with van der Waals surface area (Å²) >= 11 is 0. The predicted octanol–water partition coefficient (Wildman–Crippen LogP) is 4.41. The number of carbonyl (C=O) groups excluding carboxylic acids is 1. The Hall–Kier alpha value is -3.10. The number of carbonyl (C=O) groups is 1. The lowest BCUT2D eigenvalue weighted by Crippen LogP contribution is -2.50. The minimum Gasteiger partial charge on any atom is -0.327 e. The molecular formula is C24H24F3N5O. The van der Waals surface area contributed by atoms with Gasteiger partial charge in [0.1, 0.15) is 0 Å². The topological polar surface area (TPSA) is 56.0 Å². The molecule has 2 bridgehead atoms. The molecule has 2 aliphatic heterocycles. The predicted molar refractivity (Wildman–Crippen MR) is 114 cm³/mol. The van der Waals surface area contributed by atoms with Crippen LogP contribution < -0.4 is 0 Å². The minimum absolute atomic E-state index is 0.0172. The second kappa shape index (κ2) is 7.20. The lowest BCUT2D eigenvalue weighted by atomic mass is 9.81. The Morgan fingerprint density at radius 2 is 1.73 bits per heavy atom. The van der Waals surface area contributed by atoms with Gasteiger partial charge in [-0.2, -0.15) is 10.2 Å². The Morgan fingerprint density at radius 3 is 2.42 bits per heavy atom. The molecular weight excluding hydrogens is 431 g/mol. The number of hydrogen-bond donors (Lipinski definition) is 0. The number of rotatable bonds is 3. The number of nitrogens with zero attached hydrogens (tertiary/aromatic N) is 5. The van der Waals surface area contributed by atoms with E-state index in [2.05, 4.69) is 5.10 Å². The van der Waals surface area contributed by atoms with Crippen LogP contribution in [0.15, 0.2) is 18.3 Å². The molecule has 0 spiro atoms. The van der Waals surface area contributed by atoms with Crippen molar-refractivity contribution >= 4 is 5.91 Å². The Labute approximate surface area is 189 Å². The Balaban J connectivity index is 1.43. The fourth-order valence-corrected chi connectivity index (χ4v) is 5.67. The number of piperidine rings is 1. The molecule has 0 N–H and O–H groups in total. The third kappa shape index (κ3) is 3.12. The van der Waals surface area contributed by atoms with Gasteiger partial charge >= 0.3 is 0 Å². The van der Waals surface area contributed by atoms with Gasteiger partial charge in [-0.05, 0) is 50.7 Å². The third-order valence-corrected chi connectivity index (χ3v) is 7.22. The first-order chi connectivity index (χ1) is 15.8. The fraction of sp³-hybridized carbons (Fsp3) is 0.458. The lowest BCUT2D eigenvalue weighted by Gasteiger charge is -2.45. The number of aryl methyl sites for hydroxylation is 2. The zero-order chi connectivity index (χ0) is 23.0. The van der Waals surface area contributed by atoms with Crippen molar-refractivity contribution in [3.8, 4) is 11.3 Å². The van der Waals surface area contributed by atoms with Crippen LogP contribution in [0.1, 0.15) is 71.4 Å². The Bertz CT molecular complexity index is 1270. The highest BCUT2D eigenvalue weighted by molar-refractivity contribution is 5.96. The van der Waals surface area contributed by atoms with E-state index < -0.39 is 17.5 Å². The van der Waals surface area contributed by atoms with Crippen molar-refractivity contribution in [3.63, 3.8) is 0 Å². The van der Waals surface area contributed by atoms with Gasteiger partial charge in [0.2, 0.25) is 0 Å². The van der Waals surface area contributed by atoms with Gasteiger partial charge in [-0.3, -0.25) is 14.2 Å². The first-order valence-electron chi connectivity index (χ1n) is 11.4. The van der Waals surface area contributed by atoms with E-state index in [-0.39, 0.29) is 23.6 Å². The average Bonchev–Trinajstić information content (AvgIpc) is 3.47. The zero-order valence-electron chi connectivity index (χ0n) is 18.5. The van der Waals surface area contributed by atoms with Crippen LogP contribution >= 0.6 is 0 Å². The zero-order valence-corrected chi connectivity index (χ0v) is 18.5. The van der Waals surface area contributed by atoms with Crippen molar-refractivity contribution in [1.29, 1.82) is 0 Å². The summed E-state index contributed by atoms with van der Waals surface area (Å²) in [6.45, 7) is 0. The molecule has 2 unspecified atom stereocenters. The Kier molecular flexibility index (Phi) is 4.47. The molecule has 1 saturated heterocycles. The van der Waals surface area contributed by atoms with Gasteiger partial charge in [-0.15, -0.1) is 0 Å². The summed E-state index contributed by atoms with van der Waals surface area (Å²) in [5, 5.41) is 9.25. The van der Waals surface area contributed by atoms with Crippen LogP contribution in [0.4, 0.5) is 13.2 Å². The highest BCUT2D eigenvalue weighted by atomic mass is 19.2. The van der Waals surface area contributed by atoms with E-state index >= 15 is 0 Å². The van der Waals surface area contributed by atoms with Crippen molar-refractivity contribution in [2.24, 2.45) is 14.1 Å². The molecule has 4 heterocycles. The minimum atomic E-state index is -1.48. The number of hydrogen-bond acceptors (Lipinski definition) is 3. The maximum atomic E-state index is 14.0. The van der Waals surface area contributed by atoms with E-state index in [1.807, 2.05) is 18.1 Å². The van der Waals surface area contributed by atoms with Crippen LogP contribution in [-0.4, -0.2) is 36.4 Å². The quantitative estimate of drug-likeness (QED) is 0.550. The van der Waals surface area contributed by atoms with Crippen LogP contribution in [0.25, 0.3) is 11.3 Å². The molecule has 1 saturated carbocycles. The molecule has 0 radical (unpaired) electrons. The normalized spacial score (nSPS) is 21.9. The van der Waals surface area contributed by atoms with Gasteiger partial charge in [0, 0.05) is 43.4 Å². The highest BCUT2D eigenvalue weighted by Crippen LogP contribution is 2.47. The molecule has 9 heteroatoms. The fourth-order valence-electron chi connectivity index (χ4n) is 5.67. The second-order valence-corrected chi connectivity index (χ2v) is 9.48. The van der Waals surface area contributed by atoms with Gasteiger partial charge in [0.15, 0.2) is 17.5 Å². The Morgan fingerprint density at radius 1 is 1.00 bits per heavy atom. The number of benzene rings is 1. The van der Waals surface area contributed by atoms with Crippen LogP contribution in [-0.2, 0) is 20.5 Å². The highest BCUT2D eigenvalue weighted by Gasteiger charge is 2.45. The number of fused-ring (bicyclic) bond motifs is 4. The van der Waals surface area contributed by atoms with Crippen LogP contribution in [0.3, 0.4) is 0 Å². The van der Waals surface area contributed by atoms with Gasteiger partial charge in [0.25, 0.3) is 5.91 Å². The van der Waals surface area contributed by atoms with E-state index in [1.54, 1.807) is 16.4 Å². The molecule has 2 fully saturated rings. The smallest absolute Gasteiger partial charge is 0.258 e. The summed E-state index contributed by atoms with van der Waals surface area (Å²) in [6.07, 6.45) is 7.08. The summed E-state index contributed by atoms with van der Waals surface area (Å²) in [7, 11) is 3.55. The summed E-state index contributed by atoms with van der Waals surface area (Å²) < 4.78 is 44.8. The van der Waals surface area contributed by atoms with E-state index in [9.17, 15) is 18.0 Å². The molecule has 1 amide bonds. The van der Waals surface area contributed by atoms with Crippen molar-refractivity contribution < 1.29 is 18.0 Å². The van der Waals surface area contributed by atoms with Crippen molar-refractivity contribution in [2.45, 2.75) is 56.5 Å².